The molecule has 24 heavy (non-hydrogen) atoms. The molecule has 1 heterocycles. The number of hydrogen-bond acceptors (Lipinski definition) is 7. The Morgan fingerprint density at radius 2 is 1.92 bits per heavy atom. The van der Waals surface area contributed by atoms with E-state index in [0.29, 0.717) is 17.3 Å². The van der Waals surface area contributed by atoms with Crippen molar-refractivity contribution in [1.29, 1.82) is 0 Å². The molecule has 0 aliphatic carbocycles. The molecule has 0 spiro atoms. The van der Waals surface area contributed by atoms with E-state index in [2.05, 4.69) is 0 Å². The number of hydrogen-bond donors (Lipinski definition) is 0. The van der Waals surface area contributed by atoms with Crippen LogP contribution in [0.2, 0.25) is 0 Å². The lowest BCUT2D eigenvalue weighted by Gasteiger charge is -2.19. The molecule has 2 rings (SSSR count). The third-order valence-corrected chi connectivity index (χ3v) is 4.17. The van der Waals surface area contributed by atoms with Crippen LogP contribution in [0.4, 0.5) is 4.79 Å². The Balaban J connectivity index is 2.21. The zero-order valence-electron chi connectivity index (χ0n) is 13.0. The number of rotatable bonds is 5. The fourth-order valence-corrected chi connectivity index (χ4v) is 2.96. The van der Waals surface area contributed by atoms with Crippen LogP contribution in [0.15, 0.2) is 29.2 Å². The Morgan fingerprint density at radius 3 is 2.46 bits per heavy atom. The first-order chi connectivity index (χ1) is 11.3. The molecule has 1 atom stereocenters. The Bertz CT molecular complexity index is 725. The zero-order chi connectivity index (χ0) is 17.9. The predicted octanol–water partition coefficient (Wildman–Crippen LogP) is 1.04. The number of aromatic carboxylic acids is 1. The summed E-state index contributed by atoms with van der Waals surface area (Å²) in [5, 5.41) is 10.1. The molecule has 1 aromatic rings. The molecule has 8 heteroatoms. The summed E-state index contributed by atoms with van der Waals surface area (Å²) in [4.78, 5) is 47.8. The second-order valence-corrected chi connectivity index (χ2v) is 5.88. The van der Waals surface area contributed by atoms with Crippen molar-refractivity contribution in [2.24, 2.45) is 0 Å². The lowest BCUT2D eigenvalue weighted by atomic mass is 10.1. The van der Waals surface area contributed by atoms with Crippen LogP contribution >= 0.6 is 11.8 Å². The first-order valence-corrected chi connectivity index (χ1v) is 7.92. The molecule has 0 radical (unpaired) electrons. The SMILES string of the molecule is CCOC(=O)[C@H](C)N1C(=O)S/C(=C\c2ccc(C(=O)[O-])cc2)C1=O. The molecule has 0 aromatic heterocycles. The summed E-state index contributed by atoms with van der Waals surface area (Å²) in [5.74, 6) is -2.54. The summed E-state index contributed by atoms with van der Waals surface area (Å²) in [6.07, 6.45) is 1.46. The van der Waals surface area contributed by atoms with Crippen molar-refractivity contribution in [2.75, 3.05) is 6.61 Å². The second-order valence-electron chi connectivity index (χ2n) is 4.89. The van der Waals surface area contributed by atoms with E-state index in [1.54, 1.807) is 6.92 Å². The number of imide groups is 1. The smallest absolute Gasteiger partial charge is 0.329 e. The lowest BCUT2D eigenvalue weighted by Crippen LogP contribution is -2.42. The first-order valence-electron chi connectivity index (χ1n) is 7.10. The van der Waals surface area contributed by atoms with Crippen LogP contribution in [0.5, 0.6) is 0 Å². The van der Waals surface area contributed by atoms with E-state index in [-0.39, 0.29) is 17.1 Å². The van der Waals surface area contributed by atoms with Crippen molar-refractivity contribution in [1.82, 2.24) is 4.90 Å². The largest absolute Gasteiger partial charge is 0.545 e. The van der Waals surface area contributed by atoms with Gasteiger partial charge in [0.25, 0.3) is 11.1 Å². The minimum absolute atomic E-state index is 0.0104. The quantitative estimate of drug-likeness (QED) is 0.578. The van der Waals surface area contributed by atoms with Gasteiger partial charge >= 0.3 is 5.97 Å². The van der Waals surface area contributed by atoms with Crippen LogP contribution in [0.1, 0.15) is 29.8 Å². The van der Waals surface area contributed by atoms with Crippen molar-refractivity contribution in [3.8, 4) is 0 Å². The number of carbonyl (C=O) groups is 4. The van der Waals surface area contributed by atoms with Gasteiger partial charge in [-0.05, 0) is 42.8 Å². The molecule has 2 amide bonds. The topological polar surface area (TPSA) is 104 Å². The number of ether oxygens (including phenoxy) is 1. The molecule has 1 aromatic carbocycles. The maximum atomic E-state index is 12.3. The fourth-order valence-electron chi connectivity index (χ4n) is 2.05. The summed E-state index contributed by atoms with van der Waals surface area (Å²) in [6.45, 7) is 3.21. The van der Waals surface area contributed by atoms with Gasteiger partial charge < -0.3 is 14.6 Å². The van der Waals surface area contributed by atoms with Crippen molar-refractivity contribution in [3.63, 3.8) is 0 Å². The minimum atomic E-state index is -1.30. The lowest BCUT2D eigenvalue weighted by molar-refractivity contribution is -0.255. The number of benzene rings is 1. The number of esters is 1. The number of carbonyl (C=O) groups excluding carboxylic acids is 4. The number of carboxylic acids is 1. The predicted molar refractivity (Wildman–Crippen MR) is 84.7 cm³/mol. The normalized spacial score (nSPS) is 17.2. The molecular weight excluding hydrogens is 334 g/mol. The molecule has 0 saturated carbocycles. The average molecular weight is 348 g/mol. The Hall–Kier alpha value is -2.61. The molecule has 1 saturated heterocycles. The Labute approximate surface area is 142 Å². The highest BCUT2D eigenvalue weighted by Crippen LogP contribution is 2.33. The van der Waals surface area contributed by atoms with Crippen molar-refractivity contribution in [3.05, 3.63) is 40.3 Å². The average Bonchev–Trinajstić information content (AvgIpc) is 2.81. The fraction of sp³-hybridized carbons (Fsp3) is 0.250. The van der Waals surface area contributed by atoms with Gasteiger partial charge in [-0.3, -0.25) is 14.5 Å². The molecule has 0 unspecified atom stereocenters. The van der Waals surface area contributed by atoms with Gasteiger partial charge in [-0.1, -0.05) is 24.3 Å². The highest BCUT2D eigenvalue weighted by atomic mass is 32.2. The van der Waals surface area contributed by atoms with Gasteiger partial charge in [0.05, 0.1) is 17.5 Å². The summed E-state index contributed by atoms with van der Waals surface area (Å²) in [5.41, 5.74) is 0.561. The molecule has 0 N–H and O–H groups in total. The van der Waals surface area contributed by atoms with Crippen LogP contribution in [0, 0.1) is 0 Å². The Morgan fingerprint density at radius 1 is 1.29 bits per heavy atom. The summed E-state index contributed by atoms with van der Waals surface area (Å²) in [6, 6.07) is 4.66. The van der Waals surface area contributed by atoms with E-state index in [1.807, 2.05) is 0 Å². The molecule has 126 valence electrons. The third kappa shape index (κ3) is 3.65. The van der Waals surface area contributed by atoms with Gasteiger partial charge in [-0.2, -0.15) is 0 Å². The standard InChI is InChI=1S/C16H15NO6S/c1-3-23-15(21)9(2)17-13(18)12(24-16(17)22)8-10-4-6-11(7-5-10)14(19)20/h4-9H,3H2,1-2H3,(H,19,20)/p-1/b12-8-/t9-/m0/s1. The van der Waals surface area contributed by atoms with E-state index in [1.165, 1.54) is 37.3 Å². The maximum Gasteiger partial charge on any atom is 0.329 e. The maximum absolute atomic E-state index is 12.3. The van der Waals surface area contributed by atoms with Gasteiger partial charge in [0.2, 0.25) is 0 Å². The van der Waals surface area contributed by atoms with Crippen LogP contribution in [-0.4, -0.2) is 40.6 Å². The number of thioether (sulfide) groups is 1. The van der Waals surface area contributed by atoms with E-state index in [0.717, 1.165) is 4.90 Å². The zero-order valence-corrected chi connectivity index (χ0v) is 13.8. The molecule has 0 bridgehead atoms. The number of carboxylic acid groups (broad SMARTS) is 1. The van der Waals surface area contributed by atoms with Crippen LogP contribution < -0.4 is 5.11 Å². The summed E-state index contributed by atoms with van der Waals surface area (Å²) in [7, 11) is 0. The van der Waals surface area contributed by atoms with Gasteiger partial charge in [0.15, 0.2) is 0 Å². The molecule has 7 nitrogen and oxygen atoms in total. The van der Waals surface area contributed by atoms with E-state index >= 15 is 0 Å². The van der Waals surface area contributed by atoms with Gasteiger partial charge in [-0.15, -0.1) is 0 Å². The third-order valence-electron chi connectivity index (χ3n) is 3.28. The molecule has 1 fully saturated rings. The van der Waals surface area contributed by atoms with Crippen molar-refractivity contribution < 1.29 is 29.0 Å². The van der Waals surface area contributed by atoms with Gasteiger partial charge in [-0.25, -0.2) is 4.79 Å². The number of amides is 2. The highest BCUT2D eigenvalue weighted by molar-refractivity contribution is 8.18. The van der Waals surface area contributed by atoms with Crippen LogP contribution in [-0.2, 0) is 14.3 Å². The first kappa shape index (κ1) is 17.7. The second kappa shape index (κ2) is 7.31. The highest BCUT2D eigenvalue weighted by Gasteiger charge is 2.41. The van der Waals surface area contributed by atoms with Gasteiger partial charge in [0, 0.05) is 0 Å². The molecule has 1 aliphatic heterocycles. The number of nitrogens with zero attached hydrogens (tertiary/aromatic N) is 1. The van der Waals surface area contributed by atoms with Crippen molar-refractivity contribution in [2.45, 2.75) is 19.9 Å². The van der Waals surface area contributed by atoms with Crippen LogP contribution in [0.3, 0.4) is 0 Å². The van der Waals surface area contributed by atoms with E-state index < -0.39 is 29.1 Å². The van der Waals surface area contributed by atoms with E-state index in [4.69, 9.17) is 4.74 Å². The van der Waals surface area contributed by atoms with Gasteiger partial charge in [0.1, 0.15) is 6.04 Å². The van der Waals surface area contributed by atoms with Crippen LogP contribution in [0.25, 0.3) is 6.08 Å². The van der Waals surface area contributed by atoms with E-state index in [9.17, 15) is 24.3 Å². The summed E-state index contributed by atoms with van der Waals surface area (Å²) < 4.78 is 4.83. The summed E-state index contributed by atoms with van der Waals surface area (Å²) >= 11 is 0.713. The molecular formula is C16H14NO6S-. The monoisotopic (exact) mass is 348 g/mol. The molecule has 1 aliphatic rings. The minimum Gasteiger partial charge on any atom is -0.545 e. The Kier molecular flexibility index (Phi) is 5.40. The van der Waals surface area contributed by atoms with Crippen molar-refractivity contribution >= 4 is 40.9 Å².